The summed E-state index contributed by atoms with van der Waals surface area (Å²) in [6.45, 7) is 0.572. The topological polar surface area (TPSA) is 101 Å². The molecule has 1 aromatic carbocycles. The van der Waals surface area contributed by atoms with Gasteiger partial charge in [-0.15, -0.1) is 0 Å². The normalized spacial score (nSPS) is 23.4. The molecule has 1 aromatic rings. The van der Waals surface area contributed by atoms with E-state index in [0.29, 0.717) is 6.54 Å². The highest BCUT2D eigenvalue weighted by atomic mass is 32.2. The second-order valence-corrected chi connectivity index (χ2v) is 6.27. The van der Waals surface area contributed by atoms with E-state index in [2.05, 4.69) is 10.0 Å². The molecule has 0 aliphatic carbocycles. The maximum Gasteiger partial charge on any atom is 0.269 e. The number of hydrogen-bond acceptors (Lipinski definition) is 5. The van der Waals surface area contributed by atoms with Gasteiger partial charge in [0.1, 0.15) is 6.17 Å². The minimum atomic E-state index is -3.81. The molecule has 0 aromatic heterocycles. The number of sulfonamides is 1. The molecule has 0 bridgehead atoms. The fourth-order valence-corrected chi connectivity index (χ4v) is 3.26. The van der Waals surface area contributed by atoms with Crippen LogP contribution in [0.5, 0.6) is 0 Å². The first-order chi connectivity index (χ1) is 9.38. The molecule has 2 atom stereocenters. The quantitative estimate of drug-likeness (QED) is 0.625. The van der Waals surface area contributed by atoms with Crippen LogP contribution < -0.4 is 10.0 Å². The Labute approximate surface area is 115 Å². The Kier molecular flexibility index (Phi) is 4.31. The Bertz CT molecular complexity index is 590. The van der Waals surface area contributed by atoms with E-state index in [1.165, 1.54) is 0 Å². The van der Waals surface area contributed by atoms with Crippen LogP contribution in [0.2, 0.25) is 0 Å². The van der Waals surface area contributed by atoms with Gasteiger partial charge in [-0.1, -0.05) is 0 Å². The zero-order valence-corrected chi connectivity index (χ0v) is 11.3. The van der Waals surface area contributed by atoms with Gasteiger partial charge in [0.15, 0.2) is 0 Å². The number of non-ortho nitro benzene ring substituents is 1. The van der Waals surface area contributed by atoms with Crippen molar-refractivity contribution < 1.29 is 17.7 Å². The average Bonchev–Trinajstić information content (AvgIpc) is 2.38. The van der Waals surface area contributed by atoms with Gasteiger partial charge >= 0.3 is 0 Å². The van der Waals surface area contributed by atoms with E-state index in [0.717, 1.165) is 24.3 Å². The van der Waals surface area contributed by atoms with Crippen LogP contribution >= 0.6 is 0 Å². The van der Waals surface area contributed by atoms with Gasteiger partial charge in [0.05, 0.1) is 9.82 Å². The second-order valence-electron chi connectivity index (χ2n) is 4.56. The molecular formula is C11H14FN3O4S. The highest BCUT2D eigenvalue weighted by molar-refractivity contribution is 7.89. The number of nitrogens with one attached hydrogen (secondary N) is 2. The second kappa shape index (κ2) is 5.81. The summed E-state index contributed by atoms with van der Waals surface area (Å²) in [5.41, 5.74) is -0.188. The lowest BCUT2D eigenvalue weighted by Gasteiger charge is -2.26. The predicted octanol–water partition coefficient (Wildman–Crippen LogP) is 0.573. The van der Waals surface area contributed by atoms with Gasteiger partial charge in [-0.25, -0.2) is 17.5 Å². The number of benzene rings is 1. The third-order valence-corrected chi connectivity index (χ3v) is 4.51. The predicted molar refractivity (Wildman–Crippen MR) is 69.6 cm³/mol. The fraction of sp³-hybridized carbons (Fsp3) is 0.455. The van der Waals surface area contributed by atoms with Crippen molar-refractivity contribution in [2.75, 3.05) is 13.1 Å². The van der Waals surface area contributed by atoms with E-state index in [1.807, 2.05) is 0 Å². The summed E-state index contributed by atoms with van der Waals surface area (Å²) < 4.78 is 39.7. The summed E-state index contributed by atoms with van der Waals surface area (Å²) in [7, 11) is -3.81. The van der Waals surface area contributed by atoms with Crippen molar-refractivity contribution in [3.05, 3.63) is 34.4 Å². The first kappa shape index (κ1) is 14.8. The van der Waals surface area contributed by atoms with Gasteiger partial charge < -0.3 is 5.32 Å². The van der Waals surface area contributed by atoms with Gasteiger partial charge in [-0.3, -0.25) is 10.1 Å². The number of hydrogen-bond donors (Lipinski definition) is 2. The monoisotopic (exact) mass is 303 g/mol. The summed E-state index contributed by atoms with van der Waals surface area (Å²) in [5, 5.41) is 13.3. The Hall–Kier alpha value is -1.58. The molecule has 20 heavy (non-hydrogen) atoms. The van der Waals surface area contributed by atoms with E-state index in [-0.39, 0.29) is 23.5 Å². The average molecular weight is 303 g/mol. The van der Waals surface area contributed by atoms with Crippen LogP contribution in [0.4, 0.5) is 10.1 Å². The van der Waals surface area contributed by atoms with Crippen LogP contribution in [0, 0.1) is 10.1 Å². The maximum atomic E-state index is 13.2. The summed E-state index contributed by atoms with van der Waals surface area (Å²) in [5.74, 6) is 0. The van der Waals surface area contributed by atoms with Crippen molar-refractivity contribution in [1.82, 2.24) is 10.0 Å². The molecule has 0 saturated carbocycles. The summed E-state index contributed by atoms with van der Waals surface area (Å²) in [4.78, 5) is 9.82. The van der Waals surface area contributed by atoms with Gasteiger partial charge in [0, 0.05) is 31.3 Å². The van der Waals surface area contributed by atoms with Crippen LogP contribution in [-0.2, 0) is 10.0 Å². The standard InChI is InChI=1S/C11H14FN3O4S/c12-8-5-9(7-13-6-8)14-20(18,19)11-3-1-10(2-4-11)15(16)17/h1-4,8-9,13-14H,5-7H2/t8-,9+/m1/s1. The summed E-state index contributed by atoms with van der Waals surface area (Å²) in [6, 6.07) is 4.02. The molecule has 2 N–H and O–H groups in total. The molecule has 1 saturated heterocycles. The lowest BCUT2D eigenvalue weighted by atomic mass is 10.1. The van der Waals surface area contributed by atoms with Crippen molar-refractivity contribution >= 4 is 15.7 Å². The molecular weight excluding hydrogens is 289 g/mol. The molecule has 1 aliphatic rings. The molecule has 9 heteroatoms. The molecule has 1 aliphatic heterocycles. The van der Waals surface area contributed by atoms with Crippen LogP contribution in [-0.4, -0.2) is 38.6 Å². The van der Waals surface area contributed by atoms with Gasteiger partial charge in [-0.05, 0) is 18.6 Å². The van der Waals surface area contributed by atoms with Crippen LogP contribution in [0.25, 0.3) is 0 Å². The molecule has 110 valence electrons. The van der Waals surface area contributed by atoms with Crippen molar-refractivity contribution in [1.29, 1.82) is 0 Å². The van der Waals surface area contributed by atoms with Crippen molar-refractivity contribution in [2.45, 2.75) is 23.5 Å². The SMILES string of the molecule is O=[N+]([O-])c1ccc(S(=O)(=O)N[C@@H]2CNC[C@H](F)C2)cc1. The Balaban J connectivity index is 2.11. The van der Waals surface area contributed by atoms with Crippen LogP contribution in [0.1, 0.15) is 6.42 Å². The molecule has 2 rings (SSSR count). The van der Waals surface area contributed by atoms with E-state index in [4.69, 9.17) is 0 Å². The first-order valence-corrected chi connectivity index (χ1v) is 7.48. The fourth-order valence-electron chi connectivity index (χ4n) is 2.01. The number of alkyl halides is 1. The molecule has 0 spiro atoms. The Morgan fingerprint density at radius 3 is 2.50 bits per heavy atom. The highest BCUT2D eigenvalue weighted by Gasteiger charge is 2.26. The number of nitro groups is 1. The zero-order valence-electron chi connectivity index (χ0n) is 10.5. The number of halogens is 1. The molecule has 1 fully saturated rings. The van der Waals surface area contributed by atoms with Crippen molar-refractivity contribution in [3.63, 3.8) is 0 Å². The summed E-state index contributed by atoms with van der Waals surface area (Å²) in [6.07, 6.45) is -0.979. The van der Waals surface area contributed by atoms with Gasteiger partial charge in [-0.2, -0.15) is 0 Å². The van der Waals surface area contributed by atoms with E-state index in [9.17, 15) is 22.9 Å². The number of piperidine rings is 1. The van der Waals surface area contributed by atoms with Crippen molar-refractivity contribution in [2.24, 2.45) is 0 Å². The van der Waals surface area contributed by atoms with Crippen LogP contribution in [0.3, 0.4) is 0 Å². The van der Waals surface area contributed by atoms with Gasteiger partial charge in [0.25, 0.3) is 5.69 Å². The number of rotatable bonds is 4. The molecule has 0 radical (unpaired) electrons. The van der Waals surface area contributed by atoms with Crippen molar-refractivity contribution in [3.8, 4) is 0 Å². The Morgan fingerprint density at radius 1 is 1.30 bits per heavy atom. The number of nitro benzene ring substituents is 1. The molecule has 0 unspecified atom stereocenters. The van der Waals surface area contributed by atoms with E-state index < -0.39 is 27.2 Å². The Morgan fingerprint density at radius 2 is 1.95 bits per heavy atom. The minimum Gasteiger partial charge on any atom is -0.312 e. The minimum absolute atomic E-state index is 0.0796. The van der Waals surface area contributed by atoms with Gasteiger partial charge in [0.2, 0.25) is 10.0 Å². The lowest BCUT2D eigenvalue weighted by molar-refractivity contribution is -0.384. The molecule has 0 amide bonds. The third kappa shape index (κ3) is 3.50. The lowest BCUT2D eigenvalue weighted by Crippen LogP contribution is -2.49. The molecule has 7 nitrogen and oxygen atoms in total. The number of nitrogens with zero attached hydrogens (tertiary/aromatic N) is 1. The van der Waals surface area contributed by atoms with E-state index >= 15 is 0 Å². The summed E-state index contributed by atoms with van der Waals surface area (Å²) >= 11 is 0. The largest absolute Gasteiger partial charge is 0.312 e. The smallest absolute Gasteiger partial charge is 0.269 e. The maximum absolute atomic E-state index is 13.2. The van der Waals surface area contributed by atoms with E-state index in [1.54, 1.807) is 0 Å². The third-order valence-electron chi connectivity index (χ3n) is 2.98. The van der Waals surface area contributed by atoms with Crippen LogP contribution in [0.15, 0.2) is 29.2 Å². The highest BCUT2D eigenvalue weighted by Crippen LogP contribution is 2.17. The first-order valence-electron chi connectivity index (χ1n) is 6.00. The zero-order chi connectivity index (χ0) is 14.8. The molecule has 1 heterocycles.